The molecule has 1 aromatic carbocycles. The summed E-state index contributed by atoms with van der Waals surface area (Å²) in [6.07, 6.45) is 4.05. The lowest BCUT2D eigenvalue weighted by molar-refractivity contribution is 0.115. The Kier molecular flexibility index (Phi) is 4.44. The Balaban J connectivity index is 1.85. The second kappa shape index (κ2) is 6.13. The predicted molar refractivity (Wildman–Crippen MR) is 87.0 cm³/mol. The van der Waals surface area contributed by atoms with Crippen molar-refractivity contribution in [3.8, 4) is 0 Å². The Bertz CT molecular complexity index is 478. The van der Waals surface area contributed by atoms with Gasteiger partial charge in [-0.2, -0.15) is 0 Å². The fourth-order valence-electron chi connectivity index (χ4n) is 3.63. The number of anilines is 1. The number of hydrogen-bond donors (Lipinski definition) is 0. The van der Waals surface area contributed by atoms with Crippen LogP contribution in [0.25, 0.3) is 0 Å². The third-order valence-electron chi connectivity index (χ3n) is 4.68. The van der Waals surface area contributed by atoms with Gasteiger partial charge >= 0.3 is 0 Å². The summed E-state index contributed by atoms with van der Waals surface area (Å²) in [5.41, 5.74) is 2.41. The number of hydrogen-bond acceptors (Lipinski definition) is 2. The van der Waals surface area contributed by atoms with Crippen LogP contribution < -0.4 is 4.90 Å². The third-order valence-corrected chi connectivity index (χ3v) is 5.21. The molecule has 0 radical (unpaired) electrons. The lowest BCUT2D eigenvalue weighted by Crippen LogP contribution is -2.59. The maximum atomic E-state index is 6.11. The van der Waals surface area contributed by atoms with Crippen LogP contribution in [0.3, 0.4) is 0 Å². The van der Waals surface area contributed by atoms with Gasteiger partial charge in [0.15, 0.2) is 0 Å². The molecule has 2 unspecified atom stereocenters. The van der Waals surface area contributed by atoms with Gasteiger partial charge in [0.25, 0.3) is 0 Å². The summed E-state index contributed by atoms with van der Waals surface area (Å²) in [5.74, 6) is 0.521. The maximum absolute atomic E-state index is 6.11. The van der Waals surface area contributed by atoms with Gasteiger partial charge in [0, 0.05) is 41.8 Å². The highest BCUT2D eigenvalue weighted by Gasteiger charge is 2.33. The Morgan fingerprint density at radius 2 is 2.10 bits per heavy atom. The first-order valence-corrected chi connectivity index (χ1v) is 8.45. The molecule has 2 aliphatic heterocycles. The number of piperazine rings is 1. The van der Waals surface area contributed by atoms with Crippen molar-refractivity contribution >= 4 is 28.9 Å². The molecule has 2 atom stereocenters. The van der Waals surface area contributed by atoms with Gasteiger partial charge in [0.1, 0.15) is 0 Å². The van der Waals surface area contributed by atoms with E-state index >= 15 is 0 Å². The fourth-order valence-corrected chi connectivity index (χ4v) is 4.04. The Hall–Kier alpha value is -0.440. The van der Waals surface area contributed by atoms with E-state index in [4.69, 9.17) is 23.2 Å². The zero-order valence-corrected chi connectivity index (χ0v) is 13.5. The summed E-state index contributed by atoms with van der Waals surface area (Å²) in [7, 11) is 0. The van der Waals surface area contributed by atoms with Crippen molar-refractivity contribution < 1.29 is 0 Å². The van der Waals surface area contributed by atoms with Gasteiger partial charge in [-0.25, -0.2) is 0 Å². The van der Waals surface area contributed by atoms with Gasteiger partial charge in [-0.15, -0.1) is 11.6 Å². The molecule has 1 aromatic rings. The summed E-state index contributed by atoms with van der Waals surface area (Å²) < 4.78 is 0. The highest BCUT2D eigenvalue weighted by Crippen LogP contribution is 2.32. The first-order valence-electron chi connectivity index (χ1n) is 7.54. The molecule has 4 heteroatoms. The van der Waals surface area contributed by atoms with E-state index in [0.29, 0.717) is 18.0 Å². The molecule has 2 nitrogen and oxygen atoms in total. The Morgan fingerprint density at radius 3 is 2.90 bits per heavy atom. The van der Waals surface area contributed by atoms with Crippen molar-refractivity contribution in [3.05, 3.63) is 28.8 Å². The average molecular weight is 313 g/mol. The molecule has 3 rings (SSSR count). The van der Waals surface area contributed by atoms with Crippen LogP contribution in [0, 0.1) is 0 Å². The first kappa shape index (κ1) is 14.5. The van der Waals surface area contributed by atoms with E-state index in [-0.39, 0.29) is 0 Å². The minimum absolute atomic E-state index is 0.521. The van der Waals surface area contributed by atoms with Gasteiger partial charge in [-0.1, -0.05) is 18.0 Å². The van der Waals surface area contributed by atoms with E-state index in [9.17, 15) is 0 Å². The second-order valence-corrected chi connectivity index (χ2v) is 6.76. The highest BCUT2D eigenvalue weighted by atomic mass is 35.5. The molecular formula is C16H22Cl2N2. The quantitative estimate of drug-likeness (QED) is 0.757. The van der Waals surface area contributed by atoms with Crippen molar-refractivity contribution in [2.45, 2.75) is 44.1 Å². The monoisotopic (exact) mass is 312 g/mol. The van der Waals surface area contributed by atoms with E-state index < -0.39 is 0 Å². The molecule has 0 saturated carbocycles. The van der Waals surface area contributed by atoms with Crippen LogP contribution in [0.5, 0.6) is 0 Å². The van der Waals surface area contributed by atoms with Crippen LogP contribution in [0.2, 0.25) is 5.02 Å². The number of nitrogens with zero attached hydrogens (tertiary/aromatic N) is 2. The van der Waals surface area contributed by atoms with E-state index in [1.165, 1.54) is 31.5 Å². The van der Waals surface area contributed by atoms with Gasteiger partial charge in [0.2, 0.25) is 0 Å². The predicted octanol–water partition coefficient (Wildman–Crippen LogP) is 4.14. The maximum Gasteiger partial charge on any atom is 0.0495 e. The molecule has 0 aliphatic carbocycles. The molecular weight excluding hydrogens is 291 g/mol. The van der Waals surface area contributed by atoms with E-state index in [1.54, 1.807) is 0 Å². The number of fused-ring (bicyclic) bond motifs is 1. The number of alkyl halides is 1. The van der Waals surface area contributed by atoms with Gasteiger partial charge in [-0.3, -0.25) is 4.90 Å². The molecule has 2 heterocycles. The van der Waals surface area contributed by atoms with Crippen LogP contribution in [-0.4, -0.2) is 36.6 Å². The Labute approximate surface area is 131 Å². The molecule has 20 heavy (non-hydrogen) atoms. The molecule has 0 aromatic heterocycles. The Morgan fingerprint density at radius 1 is 1.25 bits per heavy atom. The molecule has 0 bridgehead atoms. The van der Waals surface area contributed by atoms with Crippen LogP contribution in [0.15, 0.2) is 18.2 Å². The summed E-state index contributed by atoms with van der Waals surface area (Å²) in [6, 6.07) is 7.36. The number of benzene rings is 1. The lowest BCUT2D eigenvalue weighted by Gasteiger charge is -2.48. The largest absolute Gasteiger partial charge is 0.366 e. The number of rotatable bonds is 2. The van der Waals surface area contributed by atoms with Gasteiger partial charge in [0.05, 0.1) is 0 Å². The van der Waals surface area contributed by atoms with Crippen LogP contribution in [0.1, 0.15) is 31.7 Å². The topological polar surface area (TPSA) is 6.48 Å². The minimum atomic E-state index is 0.521. The SMILES string of the molecule is CC1CN2CCCCC2CN1c1ccc(Cl)cc1CCl. The number of halogens is 2. The summed E-state index contributed by atoms with van der Waals surface area (Å²) >= 11 is 12.2. The van der Waals surface area contributed by atoms with E-state index in [2.05, 4.69) is 22.8 Å². The van der Waals surface area contributed by atoms with Gasteiger partial charge < -0.3 is 4.90 Å². The van der Waals surface area contributed by atoms with Crippen LogP contribution in [0.4, 0.5) is 5.69 Å². The second-order valence-electron chi connectivity index (χ2n) is 6.05. The molecule has 0 amide bonds. The standard InChI is InChI=1S/C16H22Cl2N2/c1-12-10-19-7-3-2-4-15(19)11-20(12)16-6-5-14(18)8-13(16)9-17/h5-6,8,12,15H,2-4,7,9-11H2,1H3. The fraction of sp³-hybridized carbons (Fsp3) is 0.625. The molecule has 0 spiro atoms. The average Bonchev–Trinajstić information content (AvgIpc) is 2.46. The summed E-state index contributed by atoms with van der Waals surface area (Å²) in [4.78, 5) is 5.20. The van der Waals surface area contributed by atoms with Gasteiger partial charge in [-0.05, 0) is 50.1 Å². The van der Waals surface area contributed by atoms with Crippen molar-refractivity contribution in [2.75, 3.05) is 24.5 Å². The van der Waals surface area contributed by atoms with E-state index in [1.807, 2.05) is 12.1 Å². The zero-order valence-electron chi connectivity index (χ0n) is 12.0. The molecule has 2 aliphatic rings. The summed E-state index contributed by atoms with van der Waals surface area (Å²) in [5, 5.41) is 0.772. The van der Waals surface area contributed by atoms with Crippen molar-refractivity contribution in [1.29, 1.82) is 0 Å². The number of piperidine rings is 1. The third kappa shape index (κ3) is 2.79. The summed E-state index contributed by atoms with van der Waals surface area (Å²) in [6.45, 7) is 5.87. The van der Waals surface area contributed by atoms with Crippen LogP contribution >= 0.6 is 23.2 Å². The molecule has 2 fully saturated rings. The molecule has 110 valence electrons. The molecule has 0 N–H and O–H groups in total. The normalized spacial score (nSPS) is 27.4. The van der Waals surface area contributed by atoms with Crippen molar-refractivity contribution in [1.82, 2.24) is 4.90 Å². The molecule has 2 saturated heterocycles. The van der Waals surface area contributed by atoms with E-state index in [0.717, 1.165) is 23.7 Å². The minimum Gasteiger partial charge on any atom is -0.366 e. The van der Waals surface area contributed by atoms with Crippen molar-refractivity contribution in [3.63, 3.8) is 0 Å². The zero-order chi connectivity index (χ0) is 14.1. The van der Waals surface area contributed by atoms with Crippen LogP contribution in [-0.2, 0) is 5.88 Å². The van der Waals surface area contributed by atoms with Crippen molar-refractivity contribution in [2.24, 2.45) is 0 Å². The first-order chi connectivity index (χ1) is 9.69. The smallest absolute Gasteiger partial charge is 0.0495 e. The highest BCUT2D eigenvalue weighted by molar-refractivity contribution is 6.30. The lowest BCUT2D eigenvalue weighted by atomic mass is 9.96.